The molecule has 0 bridgehead atoms. The molecule has 2 aromatic heterocycles. The second-order valence-corrected chi connectivity index (χ2v) is 5.62. The SMILES string of the molecule is CCn1cc(C#N)c(=O)n(Cc2ccc(Cl)s2)c1=O. The number of hydrogen-bond acceptors (Lipinski definition) is 4. The van der Waals surface area contributed by atoms with Gasteiger partial charge in [-0.05, 0) is 19.1 Å². The third kappa shape index (κ3) is 2.62. The predicted molar refractivity (Wildman–Crippen MR) is 73.8 cm³/mol. The Kier molecular flexibility index (Phi) is 3.88. The van der Waals surface area contributed by atoms with Gasteiger partial charge in [0.05, 0.1) is 10.9 Å². The molecular formula is C12H10ClN3O2S. The molecular weight excluding hydrogens is 286 g/mol. The minimum Gasteiger partial charge on any atom is -0.299 e. The summed E-state index contributed by atoms with van der Waals surface area (Å²) in [6.45, 7) is 2.31. The highest BCUT2D eigenvalue weighted by atomic mass is 35.5. The monoisotopic (exact) mass is 295 g/mol. The van der Waals surface area contributed by atoms with Gasteiger partial charge >= 0.3 is 5.69 Å². The molecule has 0 atom stereocenters. The van der Waals surface area contributed by atoms with Crippen molar-refractivity contribution in [2.75, 3.05) is 0 Å². The van der Waals surface area contributed by atoms with Gasteiger partial charge in [-0.1, -0.05) is 11.6 Å². The topological polar surface area (TPSA) is 67.8 Å². The molecule has 0 N–H and O–H groups in total. The lowest BCUT2D eigenvalue weighted by atomic mass is 10.3. The summed E-state index contributed by atoms with van der Waals surface area (Å²) in [5.74, 6) is 0. The fourth-order valence-corrected chi connectivity index (χ4v) is 2.77. The standard InChI is InChI=1S/C12H10ClN3O2S/c1-2-15-6-8(5-14)11(17)16(12(15)18)7-9-3-4-10(13)19-9/h3-4,6H,2,7H2,1H3. The van der Waals surface area contributed by atoms with E-state index in [-0.39, 0.29) is 12.1 Å². The Hall–Kier alpha value is -1.84. The molecule has 0 unspecified atom stereocenters. The van der Waals surface area contributed by atoms with Crippen LogP contribution in [0.15, 0.2) is 27.9 Å². The maximum absolute atomic E-state index is 12.1. The van der Waals surface area contributed by atoms with Crippen LogP contribution in [0.1, 0.15) is 17.4 Å². The number of rotatable bonds is 3. The molecule has 5 nitrogen and oxygen atoms in total. The van der Waals surface area contributed by atoms with Crippen LogP contribution in [0.4, 0.5) is 0 Å². The zero-order valence-corrected chi connectivity index (χ0v) is 11.7. The van der Waals surface area contributed by atoms with E-state index in [1.165, 1.54) is 22.1 Å². The normalized spacial score (nSPS) is 10.4. The van der Waals surface area contributed by atoms with Gasteiger partial charge in [0.15, 0.2) is 0 Å². The van der Waals surface area contributed by atoms with Crippen molar-refractivity contribution < 1.29 is 0 Å². The molecule has 19 heavy (non-hydrogen) atoms. The van der Waals surface area contributed by atoms with Gasteiger partial charge in [-0.3, -0.25) is 13.9 Å². The molecule has 0 spiro atoms. The maximum Gasteiger partial charge on any atom is 0.331 e. The lowest BCUT2D eigenvalue weighted by Crippen LogP contribution is -2.40. The fraction of sp³-hybridized carbons (Fsp3) is 0.250. The van der Waals surface area contributed by atoms with Crippen LogP contribution in [0.25, 0.3) is 0 Å². The Labute approximate surface area is 117 Å². The number of thiophene rings is 1. The van der Waals surface area contributed by atoms with Crippen molar-refractivity contribution >= 4 is 22.9 Å². The van der Waals surface area contributed by atoms with Gasteiger partial charge in [0.1, 0.15) is 11.6 Å². The fourth-order valence-electron chi connectivity index (χ4n) is 1.69. The summed E-state index contributed by atoms with van der Waals surface area (Å²) >= 11 is 7.12. The molecule has 0 radical (unpaired) electrons. The van der Waals surface area contributed by atoms with Gasteiger partial charge in [0.2, 0.25) is 0 Å². The van der Waals surface area contributed by atoms with Crippen LogP contribution < -0.4 is 11.2 Å². The zero-order valence-electron chi connectivity index (χ0n) is 10.1. The molecule has 0 saturated carbocycles. The first-order valence-electron chi connectivity index (χ1n) is 5.55. The number of nitrogens with zero attached hydrogens (tertiary/aromatic N) is 3. The summed E-state index contributed by atoms with van der Waals surface area (Å²) in [6, 6.07) is 5.28. The first-order valence-corrected chi connectivity index (χ1v) is 6.75. The molecule has 0 aliphatic rings. The zero-order chi connectivity index (χ0) is 14.0. The number of aromatic nitrogens is 2. The van der Waals surface area contributed by atoms with Crippen molar-refractivity contribution in [3.63, 3.8) is 0 Å². The lowest BCUT2D eigenvalue weighted by molar-refractivity contribution is 0.600. The summed E-state index contributed by atoms with van der Waals surface area (Å²) in [5.41, 5.74) is -1.03. The second kappa shape index (κ2) is 5.43. The van der Waals surface area contributed by atoms with Crippen molar-refractivity contribution in [3.05, 3.63) is 53.9 Å². The summed E-state index contributed by atoms with van der Waals surface area (Å²) < 4.78 is 3.00. The van der Waals surface area contributed by atoms with Gasteiger partial charge in [0, 0.05) is 17.6 Å². The number of nitriles is 1. The van der Waals surface area contributed by atoms with Gasteiger partial charge < -0.3 is 0 Å². The van der Waals surface area contributed by atoms with Crippen LogP contribution in [0.3, 0.4) is 0 Å². The highest BCUT2D eigenvalue weighted by Gasteiger charge is 2.11. The molecule has 7 heteroatoms. The van der Waals surface area contributed by atoms with Crippen molar-refractivity contribution in [1.82, 2.24) is 9.13 Å². The van der Waals surface area contributed by atoms with Crippen LogP contribution in [0.2, 0.25) is 4.34 Å². The predicted octanol–water partition coefficient (Wildman–Crippen LogP) is 1.66. The summed E-state index contributed by atoms with van der Waals surface area (Å²) in [6.07, 6.45) is 1.29. The first kappa shape index (κ1) is 13.6. The van der Waals surface area contributed by atoms with Gasteiger partial charge in [-0.15, -0.1) is 11.3 Å². The van der Waals surface area contributed by atoms with E-state index >= 15 is 0 Å². The Morgan fingerprint density at radius 2 is 2.16 bits per heavy atom. The Morgan fingerprint density at radius 3 is 2.68 bits per heavy atom. The van der Waals surface area contributed by atoms with E-state index in [2.05, 4.69) is 0 Å². The van der Waals surface area contributed by atoms with E-state index < -0.39 is 11.2 Å². The third-order valence-electron chi connectivity index (χ3n) is 2.64. The Balaban J connectivity index is 2.59. The quantitative estimate of drug-likeness (QED) is 0.865. The molecule has 0 aliphatic carbocycles. The van der Waals surface area contributed by atoms with E-state index in [0.29, 0.717) is 10.9 Å². The molecule has 0 aliphatic heterocycles. The Bertz CT molecular complexity index is 767. The van der Waals surface area contributed by atoms with E-state index in [0.717, 1.165) is 9.44 Å². The van der Waals surface area contributed by atoms with Gasteiger partial charge in [-0.2, -0.15) is 5.26 Å². The van der Waals surface area contributed by atoms with Crippen LogP contribution in [-0.4, -0.2) is 9.13 Å². The van der Waals surface area contributed by atoms with Crippen molar-refractivity contribution in [1.29, 1.82) is 5.26 Å². The summed E-state index contributed by atoms with van der Waals surface area (Å²) in [4.78, 5) is 24.9. The van der Waals surface area contributed by atoms with Crippen LogP contribution in [-0.2, 0) is 13.1 Å². The van der Waals surface area contributed by atoms with E-state index in [4.69, 9.17) is 16.9 Å². The van der Waals surface area contributed by atoms with Crippen LogP contribution in [0.5, 0.6) is 0 Å². The molecule has 98 valence electrons. The third-order valence-corrected chi connectivity index (χ3v) is 3.86. The number of halogens is 1. The molecule has 0 amide bonds. The van der Waals surface area contributed by atoms with Crippen molar-refractivity contribution in [2.45, 2.75) is 20.0 Å². The highest BCUT2D eigenvalue weighted by molar-refractivity contribution is 7.16. The average Bonchev–Trinajstić information content (AvgIpc) is 2.80. The largest absolute Gasteiger partial charge is 0.331 e. The minimum atomic E-state index is -0.568. The van der Waals surface area contributed by atoms with Gasteiger partial charge in [0.25, 0.3) is 5.56 Å². The van der Waals surface area contributed by atoms with Gasteiger partial charge in [-0.25, -0.2) is 4.79 Å². The molecule has 2 heterocycles. The van der Waals surface area contributed by atoms with Crippen LogP contribution >= 0.6 is 22.9 Å². The first-order chi connectivity index (χ1) is 9.06. The van der Waals surface area contributed by atoms with Crippen molar-refractivity contribution in [3.8, 4) is 6.07 Å². The van der Waals surface area contributed by atoms with E-state index in [1.807, 2.05) is 6.07 Å². The molecule has 2 rings (SSSR count). The number of aryl methyl sites for hydroxylation is 1. The molecule has 0 saturated heterocycles. The van der Waals surface area contributed by atoms with E-state index in [9.17, 15) is 9.59 Å². The summed E-state index contributed by atoms with van der Waals surface area (Å²) in [5, 5.41) is 8.93. The van der Waals surface area contributed by atoms with Crippen molar-refractivity contribution in [2.24, 2.45) is 0 Å². The molecule has 0 aromatic carbocycles. The molecule has 0 fully saturated rings. The minimum absolute atomic E-state index is 0.0379. The lowest BCUT2D eigenvalue weighted by Gasteiger charge is -2.08. The van der Waals surface area contributed by atoms with Crippen LogP contribution in [0, 0.1) is 11.3 Å². The average molecular weight is 296 g/mol. The maximum atomic E-state index is 12.1. The Morgan fingerprint density at radius 1 is 1.42 bits per heavy atom. The number of hydrogen-bond donors (Lipinski definition) is 0. The highest BCUT2D eigenvalue weighted by Crippen LogP contribution is 2.21. The summed E-state index contributed by atoms with van der Waals surface area (Å²) in [7, 11) is 0. The molecule has 2 aromatic rings. The van der Waals surface area contributed by atoms with E-state index in [1.54, 1.807) is 19.1 Å². The second-order valence-electron chi connectivity index (χ2n) is 3.82. The smallest absolute Gasteiger partial charge is 0.299 e.